The monoisotopic (exact) mass is 438 g/mol. The van der Waals surface area contributed by atoms with Gasteiger partial charge in [0.25, 0.3) is 0 Å². The summed E-state index contributed by atoms with van der Waals surface area (Å²) in [6, 6.07) is 27.9. The summed E-state index contributed by atoms with van der Waals surface area (Å²) in [5.41, 5.74) is 2.85. The Labute approximate surface area is 193 Å². The average molecular weight is 439 g/mol. The molecule has 166 valence electrons. The third-order valence-corrected chi connectivity index (χ3v) is 5.32. The SMILES string of the molecule is CC(C)CCOC(=O)c1nn(-c2ccccc2)c(-c2ccccc2)c1C(=O)c1ccccc1. The van der Waals surface area contributed by atoms with E-state index < -0.39 is 5.97 Å². The lowest BCUT2D eigenvalue weighted by Gasteiger charge is -2.10. The van der Waals surface area contributed by atoms with Crippen molar-refractivity contribution in [2.45, 2.75) is 20.3 Å². The van der Waals surface area contributed by atoms with E-state index in [9.17, 15) is 9.59 Å². The van der Waals surface area contributed by atoms with Crippen molar-refractivity contribution in [1.29, 1.82) is 0 Å². The maximum Gasteiger partial charge on any atom is 0.359 e. The third kappa shape index (κ3) is 4.93. The second-order valence-electron chi connectivity index (χ2n) is 8.20. The van der Waals surface area contributed by atoms with Gasteiger partial charge in [0.1, 0.15) is 0 Å². The van der Waals surface area contributed by atoms with Crippen LogP contribution >= 0.6 is 0 Å². The topological polar surface area (TPSA) is 61.2 Å². The highest BCUT2D eigenvalue weighted by Gasteiger charge is 2.31. The lowest BCUT2D eigenvalue weighted by atomic mass is 9.97. The van der Waals surface area contributed by atoms with E-state index in [0.717, 1.165) is 17.7 Å². The molecule has 0 bridgehead atoms. The molecule has 0 saturated heterocycles. The number of ether oxygens (including phenoxy) is 1. The van der Waals surface area contributed by atoms with Crippen LogP contribution in [0.15, 0.2) is 91.0 Å². The lowest BCUT2D eigenvalue weighted by Crippen LogP contribution is -2.14. The predicted molar refractivity (Wildman–Crippen MR) is 129 cm³/mol. The third-order valence-electron chi connectivity index (χ3n) is 5.32. The number of para-hydroxylation sites is 1. The molecule has 1 aromatic heterocycles. The van der Waals surface area contributed by atoms with Gasteiger partial charge in [0.05, 0.1) is 23.6 Å². The number of carbonyl (C=O) groups is 2. The van der Waals surface area contributed by atoms with Gasteiger partial charge in [-0.2, -0.15) is 5.10 Å². The average Bonchev–Trinajstić information content (AvgIpc) is 3.26. The molecule has 4 aromatic rings. The van der Waals surface area contributed by atoms with Gasteiger partial charge < -0.3 is 4.74 Å². The number of nitrogens with zero attached hydrogens (tertiary/aromatic N) is 2. The van der Waals surface area contributed by atoms with Gasteiger partial charge in [0, 0.05) is 11.1 Å². The zero-order chi connectivity index (χ0) is 23.2. The van der Waals surface area contributed by atoms with E-state index in [4.69, 9.17) is 4.74 Å². The van der Waals surface area contributed by atoms with Gasteiger partial charge in [0.2, 0.25) is 0 Å². The molecule has 5 heteroatoms. The predicted octanol–water partition coefficient (Wildman–Crippen LogP) is 5.97. The van der Waals surface area contributed by atoms with Crippen molar-refractivity contribution in [3.8, 4) is 16.9 Å². The first kappa shape index (κ1) is 22.2. The Kier molecular flexibility index (Phi) is 6.79. The minimum atomic E-state index is -0.596. The molecule has 4 rings (SSSR count). The summed E-state index contributed by atoms with van der Waals surface area (Å²) in [4.78, 5) is 26.9. The highest BCUT2D eigenvalue weighted by atomic mass is 16.5. The van der Waals surface area contributed by atoms with Gasteiger partial charge in [-0.15, -0.1) is 0 Å². The van der Waals surface area contributed by atoms with Crippen LogP contribution in [0.25, 0.3) is 16.9 Å². The molecule has 0 radical (unpaired) electrons. The minimum Gasteiger partial charge on any atom is -0.461 e. The Hall–Kier alpha value is -3.99. The van der Waals surface area contributed by atoms with Gasteiger partial charge in [-0.1, -0.05) is 92.7 Å². The second-order valence-corrected chi connectivity index (χ2v) is 8.20. The first-order valence-corrected chi connectivity index (χ1v) is 11.1. The van der Waals surface area contributed by atoms with Crippen LogP contribution in [0, 0.1) is 5.92 Å². The van der Waals surface area contributed by atoms with E-state index in [1.807, 2.05) is 66.7 Å². The fourth-order valence-electron chi connectivity index (χ4n) is 3.58. The molecule has 0 saturated carbocycles. The smallest absolute Gasteiger partial charge is 0.359 e. The van der Waals surface area contributed by atoms with Gasteiger partial charge >= 0.3 is 5.97 Å². The molecule has 3 aromatic carbocycles. The standard InChI is InChI=1S/C28H26N2O3/c1-20(2)18-19-33-28(32)25-24(27(31)22-14-8-4-9-15-22)26(21-12-6-3-7-13-21)30(29-25)23-16-10-5-11-17-23/h3-17,20H,18-19H2,1-2H3. The Morgan fingerprint density at radius 1 is 0.848 bits per heavy atom. The number of carbonyl (C=O) groups excluding carboxylic acids is 2. The largest absolute Gasteiger partial charge is 0.461 e. The highest BCUT2D eigenvalue weighted by molar-refractivity contribution is 6.17. The van der Waals surface area contributed by atoms with E-state index in [-0.39, 0.29) is 23.6 Å². The summed E-state index contributed by atoms with van der Waals surface area (Å²) in [6.45, 7) is 4.40. The van der Waals surface area contributed by atoms with E-state index in [1.54, 1.807) is 28.9 Å². The summed E-state index contributed by atoms with van der Waals surface area (Å²) in [7, 11) is 0. The van der Waals surface area contributed by atoms with E-state index in [1.165, 1.54) is 0 Å². The van der Waals surface area contributed by atoms with Crippen molar-refractivity contribution in [2.24, 2.45) is 5.92 Å². The summed E-state index contributed by atoms with van der Waals surface area (Å²) in [5, 5.41) is 4.62. The van der Waals surface area contributed by atoms with Gasteiger partial charge in [-0.3, -0.25) is 4.79 Å². The van der Waals surface area contributed by atoms with Crippen molar-refractivity contribution in [3.63, 3.8) is 0 Å². The van der Waals surface area contributed by atoms with Crippen molar-refractivity contribution in [1.82, 2.24) is 9.78 Å². The molecule has 0 aliphatic heterocycles. The van der Waals surface area contributed by atoms with Crippen LogP contribution in [0.5, 0.6) is 0 Å². The number of benzene rings is 3. The molecule has 0 fully saturated rings. The number of rotatable bonds is 8. The molecular formula is C28H26N2O3. The molecular weight excluding hydrogens is 412 g/mol. The lowest BCUT2D eigenvalue weighted by molar-refractivity contribution is 0.0478. The zero-order valence-corrected chi connectivity index (χ0v) is 18.8. The van der Waals surface area contributed by atoms with Gasteiger partial charge in [-0.05, 0) is 24.5 Å². The van der Waals surface area contributed by atoms with Crippen LogP contribution in [0.2, 0.25) is 0 Å². The van der Waals surface area contributed by atoms with Crippen molar-refractivity contribution in [2.75, 3.05) is 6.61 Å². The van der Waals surface area contributed by atoms with E-state index >= 15 is 0 Å². The Morgan fingerprint density at radius 2 is 1.42 bits per heavy atom. The molecule has 0 aliphatic carbocycles. The van der Waals surface area contributed by atoms with Crippen molar-refractivity contribution < 1.29 is 14.3 Å². The molecule has 0 unspecified atom stereocenters. The van der Waals surface area contributed by atoms with Crippen LogP contribution in [-0.2, 0) is 4.74 Å². The summed E-state index contributed by atoms with van der Waals surface area (Å²) in [5.74, 6) is -0.473. The maximum absolute atomic E-state index is 13.7. The molecule has 0 N–H and O–H groups in total. The highest BCUT2D eigenvalue weighted by Crippen LogP contribution is 2.31. The van der Waals surface area contributed by atoms with Crippen molar-refractivity contribution >= 4 is 11.8 Å². The normalized spacial score (nSPS) is 10.9. The quantitative estimate of drug-likeness (QED) is 0.251. The second kappa shape index (κ2) is 10.1. The maximum atomic E-state index is 13.7. The summed E-state index contributed by atoms with van der Waals surface area (Å²) >= 11 is 0. The fraction of sp³-hybridized carbons (Fsp3) is 0.179. The first-order valence-electron chi connectivity index (χ1n) is 11.1. The molecule has 0 amide bonds. The van der Waals surface area contributed by atoms with Crippen LogP contribution in [-0.4, -0.2) is 28.1 Å². The number of hydrogen-bond acceptors (Lipinski definition) is 4. The van der Waals surface area contributed by atoms with Crippen LogP contribution in [0.1, 0.15) is 46.7 Å². The Morgan fingerprint density at radius 3 is 2.03 bits per heavy atom. The number of ketones is 1. The van der Waals surface area contributed by atoms with Gasteiger partial charge in [-0.25, -0.2) is 9.48 Å². The van der Waals surface area contributed by atoms with E-state index in [0.29, 0.717) is 17.2 Å². The molecule has 33 heavy (non-hydrogen) atoms. The molecule has 0 atom stereocenters. The van der Waals surface area contributed by atoms with Crippen LogP contribution in [0.3, 0.4) is 0 Å². The summed E-state index contributed by atoms with van der Waals surface area (Å²) < 4.78 is 7.20. The van der Waals surface area contributed by atoms with Crippen LogP contribution < -0.4 is 0 Å². The minimum absolute atomic E-state index is 0.0234. The first-order chi connectivity index (χ1) is 16.1. The number of esters is 1. The van der Waals surface area contributed by atoms with Crippen LogP contribution in [0.4, 0.5) is 0 Å². The number of hydrogen-bond donors (Lipinski definition) is 0. The van der Waals surface area contributed by atoms with E-state index in [2.05, 4.69) is 18.9 Å². The Bertz CT molecular complexity index is 1230. The summed E-state index contributed by atoms with van der Waals surface area (Å²) in [6.07, 6.45) is 0.735. The van der Waals surface area contributed by atoms with Gasteiger partial charge in [0.15, 0.2) is 11.5 Å². The molecule has 0 aliphatic rings. The fourth-order valence-corrected chi connectivity index (χ4v) is 3.58. The molecule has 5 nitrogen and oxygen atoms in total. The molecule has 1 heterocycles. The van der Waals surface area contributed by atoms with Crippen molar-refractivity contribution in [3.05, 3.63) is 108 Å². The zero-order valence-electron chi connectivity index (χ0n) is 18.8. The number of aromatic nitrogens is 2. The molecule has 0 spiro atoms. The Balaban J connectivity index is 1.93.